The van der Waals surface area contributed by atoms with Gasteiger partial charge >= 0.3 is 12.1 Å². The van der Waals surface area contributed by atoms with Gasteiger partial charge in [-0.3, -0.25) is 4.79 Å². The Hall–Kier alpha value is -3.45. The number of fused-ring (bicyclic) bond motifs is 1. The average molecular weight is 551 g/mol. The standard InChI is InChI=1S/C25H25F3N4O5S/c26-25(27,28)24(34)37-32-18(16-22(33)30-11-1-2-12-30)15-21-20(9-10-29-23(21)32)17-5-7-19(8-6-17)38(35,36)31-13-3-4-14-31/h5-10,15H,1-4,11-14,16H2. The summed E-state index contributed by atoms with van der Waals surface area (Å²) in [7, 11) is -3.62. The molecule has 0 saturated carbocycles. The average Bonchev–Trinajstić information content (AvgIpc) is 3.66. The molecule has 0 unspecified atom stereocenters. The quantitative estimate of drug-likeness (QED) is 0.467. The molecule has 13 heteroatoms. The van der Waals surface area contributed by atoms with Crippen molar-refractivity contribution >= 4 is 32.9 Å². The maximum Gasteiger partial charge on any atom is 0.493 e. The number of hydrogen-bond donors (Lipinski definition) is 0. The molecule has 2 fully saturated rings. The minimum absolute atomic E-state index is 0.0441. The van der Waals surface area contributed by atoms with Gasteiger partial charge in [-0.1, -0.05) is 12.1 Å². The van der Waals surface area contributed by atoms with Crippen molar-refractivity contribution in [1.82, 2.24) is 18.9 Å². The predicted molar refractivity (Wildman–Crippen MR) is 130 cm³/mol. The molecule has 202 valence electrons. The van der Waals surface area contributed by atoms with Crippen LogP contribution in [-0.2, 0) is 26.0 Å². The number of amides is 1. The molecule has 38 heavy (non-hydrogen) atoms. The zero-order chi connectivity index (χ0) is 27.1. The lowest BCUT2D eigenvalue weighted by atomic mass is 10.0. The van der Waals surface area contributed by atoms with Crippen molar-refractivity contribution in [2.24, 2.45) is 0 Å². The summed E-state index contributed by atoms with van der Waals surface area (Å²) in [4.78, 5) is 35.1. The first-order valence-corrected chi connectivity index (χ1v) is 13.7. The largest absolute Gasteiger partial charge is 0.493 e. The summed E-state index contributed by atoms with van der Waals surface area (Å²) in [5.41, 5.74) is 1.08. The second-order valence-corrected chi connectivity index (χ2v) is 11.2. The maximum absolute atomic E-state index is 13.0. The van der Waals surface area contributed by atoms with Crippen molar-refractivity contribution in [3.8, 4) is 11.1 Å². The van der Waals surface area contributed by atoms with E-state index in [1.165, 1.54) is 28.7 Å². The third-order valence-electron chi connectivity index (χ3n) is 6.80. The molecule has 4 heterocycles. The summed E-state index contributed by atoms with van der Waals surface area (Å²) in [6, 6.07) is 9.26. The van der Waals surface area contributed by atoms with Gasteiger partial charge in [0.05, 0.1) is 17.0 Å². The molecule has 1 aromatic carbocycles. The second-order valence-electron chi connectivity index (χ2n) is 9.30. The minimum Gasteiger partial charge on any atom is -0.342 e. The molecular weight excluding hydrogens is 525 g/mol. The second kappa shape index (κ2) is 10.0. The fourth-order valence-corrected chi connectivity index (χ4v) is 6.37. The molecule has 0 atom stereocenters. The van der Waals surface area contributed by atoms with Crippen LogP contribution in [0, 0.1) is 0 Å². The van der Waals surface area contributed by atoms with Gasteiger partial charge in [0.2, 0.25) is 15.9 Å². The van der Waals surface area contributed by atoms with Gasteiger partial charge in [0.1, 0.15) is 0 Å². The first-order chi connectivity index (χ1) is 18.1. The van der Waals surface area contributed by atoms with Gasteiger partial charge in [-0.15, -0.1) is 0 Å². The maximum atomic E-state index is 13.0. The van der Waals surface area contributed by atoms with Crippen molar-refractivity contribution in [2.75, 3.05) is 26.2 Å². The number of rotatable bonds is 6. The van der Waals surface area contributed by atoms with Gasteiger partial charge in [-0.2, -0.15) is 22.2 Å². The molecule has 2 aliphatic rings. The predicted octanol–water partition coefficient (Wildman–Crippen LogP) is 3.17. The SMILES string of the molecule is O=C(Cc1cc2c(-c3ccc(S(=O)(=O)N4CCCC4)cc3)ccnc2n1OC(=O)C(F)(F)F)N1CCCC1. The number of carbonyl (C=O) groups excluding carboxylic acids is 2. The van der Waals surface area contributed by atoms with E-state index in [-0.39, 0.29) is 28.6 Å². The van der Waals surface area contributed by atoms with Crippen molar-refractivity contribution in [1.29, 1.82) is 0 Å². The number of benzene rings is 1. The summed E-state index contributed by atoms with van der Waals surface area (Å²) < 4.78 is 67.0. The first-order valence-electron chi connectivity index (χ1n) is 12.2. The number of likely N-dealkylation sites (tertiary alicyclic amines) is 1. The fraction of sp³-hybridized carbons (Fsp3) is 0.400. The van der Waals surface area contributed by atoms with Crippen molar-refractivity contribution in [3.05, 3.63) is 48.3 Å². The van der Waals surface area contributed by atoms with Crippen LogP contribution in [-0.4, -0.2) is 71.6 Å². The minimum atomic E-state index is -5.25. The number of halogens is 3. The molecule has 0 spiro atoms. The van der Waals surface area contributed by atoms with Gasteiger partial charge in [0, 0.05) is 37.8 Å². The molecule has 2 aromatic heterocycles. The lowest BCUT2D eigenvalue weighted by Crippen LogP contribution is -2.35. The monoisotopic (exact) mass is 550 g/mol. The number of hydrogen-bond acceptors (Lipinski definition) is 6. The zero-order valence-electron chi connectivity index (χ0n) is 20.3. The number of sulfonamides is 1. The van der Waals surface area contributed by atoms with Gasteiger partial charge < -0.3 is 9.74 Å². The summed E-state index contributed by atoms with van der Waals surface area (Å²) >= 11 is 0. The Bertz CT molecular complexity index is 1470. The van der Waals surface area contributed by atoms with E-state index in [4.69, 9.17) is 0 Å². The van der Waals surface area contributed by atoms with Crippen LogP contribution >= 0.6 is 0 Å². The molecule has 2 aliphatic heterocycles. The smallest absolute Gasteiger partial charge is 0.342 e. The summed E-state index contributed by atoms with van der Waals surface area (Å²) in [5.74, 6) is -2.74. The molecule has 1 amide bonds. The summed E-state index contributed by atoms with van der Waals surface area (Å²) in [6.45, 7) is 2.05. The van der Waals surface area contributed by atoms with E-state index in [0.717, 1.165) is 25.7 Å². The van der Waals surface area contributed by atoms with Crippen LogP contribution in [0.2, 0.25) is 0 Å². The normalized spacial score (nSPS) is 16.9. The van der Waals surface area contributed by atoms with E-state index in [1.54, 1.807) is 23.1 Å². The van der Waals surface area contributed by atoms with Crippen LogP contribution in [0.5, 0.6) is 0 Å². The molecule has 0 aliphatic carbocycles. The zero-order valence-corrected chi connectivity index (χ0v) is 21.1. The van der Waals surface area contributed by atoms with Gasteiger partial charge in [0.15, 0.2) is 5.65 Å². The number of aromatic nitrogens is 2. The third kappa shape index (κ3) is 4.99. The molecular formula is C25H25F3N4O5S. The van der Waals surface area contributed by atoms with E-state index >= 15 is 0 Å². The number of alkyl halides is 3. The Morgan fingerprint density at radius 1 is 0.947 bits per heavy atom. The van der Waals surface area contributed by atoms with E-state index in [0.29, 0.717) is 47.4 Å². The van der Waals surface area contributed by atoms with Crippen molar-refractivity contribution in [2.45, 2.75) is 43.2 Å². The van der Waals surface area contributed by atoms with E-state index in [9.17, 15) is 31.2 Å². The molecule has 9 nitrogen and oxygen atoms in total. The van der Waals surface area contributed by atoms with Crippen LogP contribution in [0.3, 0.4) is 0 Å². The Kier molecular flexibility index (Phi) is 6.90. The van der Waals surface area contributed by atoms with Crippen LogP contribution in [0.15, 0.2) is 47.5 Å². The number of carbonyl (C=O) groups is 2. The van der Waals surface area contributed by atoms with Crippen LogP contribution in [0.1, 0.15) is 31.4 Å². The van der Waals surface area contributed by atoms with Crippen LogP contribution in [0.25, 0.3) is 22.2 Å². The molecule has 5 rings (SSSR count). The van der Waals surface area contributed by atoms with Gasteiger partial charge in [0.25, 0.3) is 0 Å². The summed E-state index contributed by atoms with van der Waals surface area (Å²) in [6.07, 6.45) is -0.888. The molecule has 0 bridgehead atoms. The molecule has 0 radical (unpaired) electrons. The highest BCUT2D eigenvalue weighted by atomic mass is 32.2. The lowest BCUT2D eigenvalue weighted by molar-refractivity contribution is -0.199. The van der Waals surface area contributed by atoms with Gasteiger partial charge in [-0.05, 0) is 61.1 Å². The van der Waals surface area contributed by atoms with Gasteiger partial charge in [-0.25, -0.2) is 18.2 Å². The molecule has 3 aromatic rings. The lowest BCUT2D eigenvalue weighted by Gasteiger charge is -2.16. The first kappa shape index (κ1) is 26.2. The van der Waals surface area contributed by atoms with Crippen LogP contribution in [0.4, 0.5) is 13.2 Å². The topological polar surface area (TPSA) is 102 Å². The van der Waals surface area contributed by atoms with E-state index in [2.05, 4.69) is 9.82 Å². The third-order valence-corrected chi connectivity index (χ3v) is 8.71. The Morgan fingerprint density at radius 2 is 1.58 bits per heavy atom. The Morgan fingerprint density at radius 3 is 2.21 bits per heavy atom. The fourth-order valence-electron chi connectivity index (χ4n) is 4.86. The highest BCUT2D eigenvalue weighted by molar-refractivity contribution is 7.89. The van der Waals surface area contributed by atoms with E-state index < -0.39 is 22.2 Å². The highest BCUT2D eigenvalue weighted by Gasteiger charge is 2.42. The number of pyridine rings is 1. The molecule has 0 N–H and O–H groups in total. The van der Waals surface area contributed by atoms with Crippen molar-refractivity contribution in [3.63, 3.8) is 0 Å². The van der Waals surface area contributed by atoms with Crippen LogP contribution < -0.4 is 4.84 Å². The Balaban J connectivity index is 1.53. The molecule has 2 saturated heterocycles. The van der Waals surface area contributed by atoms with Crippen molar-refractivity contribution < 1.29 is 36.0 Å². The highest BCUT2D eigenvalue weighted by Crippen LogP contribution is 2.32. The Labute approximate surface area is 216 Å². The van der Waals surface area contributed by atoms with E-state index in [1.807, 2.05) is 0 Å². The summed E-state index contributed by atoms with van der Waals surface area (Å²) in [5, 5.41) is 0.349. The number of nitrogens with zero attached hydrogens (tertiary/aromatic N) is 4.